The van der Waals surface area contributed by atoms with Gasteiger partial charge in [-0.25, -0.2) is 0 Å². The molecule has 0 radical (unpaired) electrons. The van der Waals surface area contributed by atoms with Crippen LogP contribution in [-0.4, -0.2) is 203 Å². The number of unbranched alkanes of at least 4 members (excludes halogenated alkanes) is 20. The zero-order valence-electron chi connectivity index (χ0n) is 80.4. The number of carbonyl (C=O) groups is 4. The minimum atomic E-state index is -0.394. The fraction of sp³-hybridized carbons (Fsp3) is 0.720. The first kappa shape index (κ1) is 106. The van der Waals surface area contributed by atoms with Crippen LogP contribution in [0.3, 0.4) is 0 Å². The van der Waals surface area contributed by atoms with Crippen LogP contribution in [0.4, 0.5) is 0 Å². The molecule has 0 fully saturated rings. The molecule has 4 aromatic rings. The summed E-state index contributed by atoms with van der Waals surface area (Å²) in [4.78, 5) is 64.4. The highest BCUT2D eigenvalue weighted by Crippen LogP contribution is 2.57. The van der Waals surface area contributed by atoms with Crippen molar-refractivity contribution in [2.75, 3.05) is 161 Å². The molecule has 1 heterocycles. The normalized spacial score (nSPS) is 13.1. The van der Waals surface area contributed by atoms with Crippen molar-refractivity contribution >= 4 is 70.7 Å². The summed E-state index contributed by atoms with van der Waals surface area (Å²) in [5, 5.41) is 13.0. The zero-order chi connectivity index (χ0) is 88.8. The Morgan fingerprint density at radius 3 is 0.558 bits per heavy atom. The standard InChI is InChI=1S/C100H168N8O8S4/c1-25-29-33-37-41-45-57-105(17,18)61-49-53-101-89(109)73-113-93-81-65-77(97(5,6)7)66-82(93)118-84-68-79(99(11,12)13)70-86(95(84)115-75-91(111)103-55-51-63-107(21,22)59-47-43-39-35-31-27-3)120-88-72-80(100(14,15)16)71-87(96(88)116-76-92(112)104-56-52-64-108(23,24)60-48-44-40-36-32-28-4)119-85-69-78(98(8,9)10)67-83(117-81)94(85)114-74-90(110)102-54-50-62-106(19,20)58-46-42-38-34-30-26-2/h65-72H,25-64,73-76H2,1-24H3/p+4. The molecule has 1 aliphatic heterocycles. The molecule has 0 atom stereocenters. The van der Waals surface area contributed by atoms with Gasteiger partial charge in [-0.15, -0.1) is 0 Å². The van der Waals surface area contributed by atoms with Crippen LogP contribution >= 0.6 is 47.0 Å². The van der Waals surface area contributed by atoms with E-state index in [4.69, 9.17) is 18.9 Å². The van der Waals surface area contributed by atoms with Crippen LogP contribution < -0.4 is 40.2 Å². The smallest absolute Gasteiger partial charge is 0.257 e. The van der Waals surface area contributed by atoms with Crippen molar-refractivity contribution < 1.29 is 56.1 Å². The average molecular weight is 1740 g/mol. The first-order valence-electron chi connectivity index (χ1n) is 46.8. The van der Waals surface area contributed by atoms with E-state index >= 15 is 0 Å². The molecule has 0 saturated carbocycles. The summed E-state index contributed by atoms with van der Waals surface area (Å²) in [6.45, 7) is 44.8. The Morgan fingerprint density at radius 2 is 0.400 bits per heavy atom. The summed E-state index contributed by atoms with van der Waals surface area (Å²) in [6, 6.07) is 17.6. The van der Waals surface area contributed by atoms with E-state index in [1.807, 2.05) is 0 Å². The number of carbonyl (C=O) groups excluding carboxylic acids is 4. The molecule has 4 N–H and O–H groups in total. The van der Waals surface area contributed by atoms with Gasteiger partial charge in [0, 0.05) is 51.9 Å². The molecule has 8 bridgehead atoms. The van der Waals surface area contributed by atoms with Crippen molar-refractivity contribution in [2.45, 2.75) is 351 Å². The second kappa shape index (κ2) is 52.3. The highest BCUT2D eigenvalue weighted by molar-refractivity contribution is 8.01. The number of rotatable bonds is 56. The van der Waals surface area contributed by atoms with Gasteiger partial charge in [-0.05, 0) is 144 Å². The van der Waals surface area contributed by atoms with Crippen molar-refractivity contribution in [3.63, 3.8) is 0 Å². The summed E-state index contributed by atoms with van der Waals surface area (Å²) < 4.78 is 32.3. The number of benzene rings is 4. The van der Waals surface area contributed by atoms with E-state index in [0.29, 0.717) is 49.2 Å². The first-order chi connectivity index (χ1) is 56.5. The number of ether oxygens (including phenoxy) is 4. The Kier molecular flexibility index (Phi) is 46.1. The quantitative estimate of drug-likeness (QED) is 0.0216. The number of amides is 4. The number of hydrogen-bond acceptors (Lipinski definition) is 12. The lowest BCUT2D eigenvalue weighted by Crippen LogP contribution is -2.42. The van der Waals surface area contributed by atoms with Crippen LogP contribution in [0.15, 0.2) is 87.7 Å². The van der Waals surface area contributed by atoms with E-state index < -0.39 is 21.7 Å². The van der Waals surface area contributed by atoms with E-state index in [-0.39, 0.29) is 50.1 Å². The maximum absolute atomic E-state index is 14.6. The van der Waals surface area contributed by atoms with Gasteiger partial charge in [0.1, 0.15) is 23.0 Å². The molecule has 16 nitrogen and oxygen atoms in total. The van der Waals surface area contributed by atoms with Crippen LogP contribution in [0.2, 0.25) is 0 Å². The average Bonchev–Trinajstić information content (AvgIpc) is 0.763. The molecule has 680 valence electrons. The Morgan fingerprint density at radius 1 is 0.250 bits per heavy atom. The van der Waals surface area contributed by atoms with E-state index in [1.165, 1.54) is 201 Å². The summed E-state index contributed by atoms with van der Waals surface area (Å²) >= 11 is 6.03. The molecular weight excluding hydrogens is 1570 g/mol. The highest BCUT2D eigenvalue weighted by Gasteiger charge is 2.33. The van der Waals surface area contributed by atoms with Gasteiger partial charge in [-0.2, -0.15) is 0 Å². The summed E-state index contributed by atoms with van der Waals surface area (Å²) in [7, 11) is 18.4. The summed E-state index contributed by atoms with van der Waals surface area (Å²) in [6.07, 6.45) is 33.4. The predicted octanol–water partition coefficient (Wildman–Crippen LogP) is 23.1. The SMILES string of the molecule is CCCCCCCC[N+](C)(C)CCCNC(=O)COc1c2cc(C(C)(C)C)cc1Sc1cc(C(C)(C)C)cc(c1OCC(=O)NCCC[N+](C)(C)CCCCCCCC)Sc1cc(C(C)(C)C)cc(c1OCC(=O)NCCC[N+](C)(C)CCCCCCCC)Sc1cc(C(C)(C)C)cc(c1OCC(=O)NCCC[N+](C)(C)CCCCCCCC)S2. The van der Waals surface area contributed by atoms with Crippen LogP contribution in [0.25, 0.3) is 0 Å². The van der Waals surface area contributed by atoms with Crippen LogP contribution in [-0.2, 0) is 40.8 Å². The topological polar surface area (TPSA) is 153 Å². The molecule has 0 aliphatic carbocycles. The molecule has 0 unspecified atom stereocenters. The van der Waals surface area contributed by atoms with E-state index in [1.54, 1.807) is 0 Å². The van der Waals surface area contributed by atoms with E-state index in [2.05, 4.69) is 237 Å². The maximum Gasteiger partial charge on any atom is 0.257 e. The Balaban J connectivity index is 1.77. The second-order valence-electron chi connectivity index (χ2n) is 41.2. The maximum atomic E-state index is 14.6. The van der Waals surface area contributed by atoms with Gasteiger partial charge < -0.3 is 58.1 Å². The van der Waals surface area contributed by atoms with Crippen LogP contribution in [0, 0.1) is 0 Å². The van der Waals surface area contributed by atoms with Crippen molar-refractivity contribution in [3.8, 4) is 23.0 Å². The molecule has 1 aliphatic rings. The van der Waals surface area contributed by atoms with Crippen molar-refractivity contribution in [3.05, 3.63) is 70.8 Å². The Bertz CT molecular complexity index is 3170. The lowest BCUT2D eigenvalue weighted by Gasteiger charge is -2.30. The first-order valence-corrected chi connectivity index (χ1v) is 50.1. The monoisotopic (exact) mass is 1740 g/mol. The molecule has 4 amide bonds. The molecule has 0 aromatic heterocycles. The third kappa shape index (κ3) is 40.7. The minimum Gasteiger partial charge on any atom is -0.481 e. The van der Waals surface area contributed by atoms with Crippen molar-refractivity contribution in [1.29, 1.82) is 0 Å². The molecule has 0 saturated heterocycles. The number of hydrogen-bond donors (Lipinski definition) is 4. The Hall–Kier alpha value is -4.80. The third-order valence-electron chi connectivity index (χ3n) is 23.3. The highest BCUT2D eigenvalue weighted by atomic mass is 32.2. The fourth-order valence-corrected chi connectivity index (χ4v) is 19.9. The summed E-state index contributed by atoms with van der Waals surface area (Å²) in [5.41, 5.74) is 2.55. The molecule has 20 heteroatoms. The molecule has 0 spiro atoms. The van der Waals surface area contributed by atoms with Gasteiger partial charge in [0.15, 0.2) is 26.4 Å². The zero-order valence-corrected chi connectivity index (χ0v) is 83.7. The van der Waals surface area contributed by atoms with E-state index in [9.17, 15) is 19.2 Å². The number of nitrogens with one attached hydrogen (secondary N) is 4. The van der Waals surface area contributed by atoms with Crippen molar-refractivity contribution in [1.82, 2.24) is 21.3 Å². The van der Waals surface area contributed by atoms with Gasteiger partial charge in [0.2, 0.25) is 0 Å². The van der Waals surface area contributed by atoms with Gasteiger partial charge in [-0.3, -0.25) is 19.2 Å². The Labute approximate surface area is 749 Å². The van der Waals surface area contributed by atoms with E-state index in [0.717, 1.165) is 157 Å². The van der Waals surface area contributed by atoms with Crippen molar-refractivity contribution in [2.24, 2.45) is 0 Å². The molecule has 120 heavy (non-hydrogen) atoms. The summed E-state index contributed by atoms with van der Waals surface area (Å²) in [5.74, 6) is 1.16. The van der Waals surface area contributed by atoms with Gasteiger partial charge in [-0.1, -0.05) is 261 Å². The minimum absolute atomic E-state index is 0.221. The van der Waals surface area contributed by atoms with Crippen LogP contribution in [0.1, 0.15) is 313 Å². The number of nitrogens with zero attached hydrogens (tertiary/aromatic N) is 4. The second-order valence-corrected chi connectivity index (χ2v) is 45.5. The van der Waals surface area contributed by atoms with Gasteiger partial charge in [0.25, 0.3) is 23.6 Å². The van der Waals surface area contributed by atoms with Gasteiger partial charge >= 0.3 is 0 Å². The molecular formula is C100H172N8O8S4+4. The lowest BCUT2D eigenvalue weighted by atomic mass is 9.87. The van der Waals surface area contributed by atoms with Crippen LogP contribution in [0.5, 0.6) is 23.0 Å². The van der Waals surface area contributed by atoms with Gasteiger partial charge in [0.05, 0.1) is 148 Å². The number of quaternary nitrogens is 4. The fourth-order valence-electron chi connectivity index (χ4n) is 15.1. The molecule has 5 rings (SSSR count). The lowest BCUT2D eigenvalue weighted by molar-refractivity contribution is -0.890. The third-order valence-corrected chi connectivity index (χ3v) is 27.5. The largest absolute Gasteiger partial charge is 0.481 e. The number of fused-ring (bicyclic) bond motifs is 8. The predicted molar refractivity (Wildman–Crippen MR) is 510 cm³/mol. The molecule has 4 aromatic carbocycles.